The number of primary amides is 1. The van der Waals surface area contributed by atoms with Crippen LogP contribution >= 0.6 is 11.3 Å². The fourth-order valence-corrected chi connectivity index (χ4v) is 4.05. The van der Waals surface area contributed by atoms with Crippen LogP contribution in [0.15, 0.2) is 6.33 Å². The number of nitrogens with two attached hydrogens (primary N) is 1. The number of hydrogen-bond acceptors (Lipinski definition) is 7. The third-order valence-corrected chi connectivity index (χ3v) is 5.88. The number of anilines is 1. The van der Waals surface area contributed by atoms with Crippen LogP contribution in [0, 0.1) is 19.8 Å². The van der Waals surface area contributed by atoms with Gasteiger partial charge in [0.15, 0.2) is 6.10 Å². The molecule has 8 heteroatoms. The molecule has 0 bridgehead atoms. The molecule has 3 heterocycles. The van der Waals surface area contributed by atoms with Crippen LogP contribution in [0.25, 0.3) is 10.2 Å². The predicted molar refractivity (Wildman–Crippen MR) is 96.6 cm³/mol. The van der Waals surface area contributed by atoms with Crippen molar-refractivity contribution in [2.24, 2.45) is 11.7 Å². The van der Waals surface area contributed by atoms with Crippen molar-refractivity contribution < 1.29 is 14.3 Å². The van der Waals surface area contributed by atoms with Gasteiger partial charge in [0.05, 0.1) is 11.3 Å². The SMILES string of the molecule is Cc1sc2ncnc(N3CCC(C(=O)O[C@@H](C)C(N)=O)CC3)c2c1C. The highest BCUT2D eigenvalue weighted by Gasteiger charge is 2.29. The van der Waals surface area contributed by atoms with Crippen molar-refractivity contribution in [2.45, 2.75) is 39.7 Å². The summed E-state index contributed by atoms with van der Waals surface area (Å²) in [5, 5.41) is 1.10. The second-order valence-corrected chi connectivity index (χ2v) is 7.61. The molecule has 7 nitrogen and oxygen atoms in total. The average molecular weight is 362 g/mol. The van der Waals surface area contributed by atoms with E-state index >= 15 is 0 Å². The van der Waals surface area contributed by atoms with Crippen molar-refractivity contribution in [3.63, 3.8) is 0 Å². The second kappa shape index (κ2) is 6.95. The van der Waals surface area contributed by atoms with Crippen molar-refractivity contribution >= 4 is 39.2 Å². The summed E-state index contributed by atoms with van der Waals surface area (Å²) in [7, 11) is 0. The lowest BCUT2D eigenvalue weighted by Gasteiger charge is -2.32. The molecule has 1 aliphatic heterocycles. The van der Waals surface area contributed by atoms with E-state index in [4.69, 9.17) is 10.5 Å². The monoisotopic (exact) mass is 362 g/mol. The van der Waals surface area contributed by atoms with Gasteiger partial charge < -0.3 is 15.4 Å². The van der Waals surface area contributed by atoms with Gasteiger partial charge in [-0.25, -0.2) is 9.97 Å². The fourth-order valence-electron chi connectivity index (χ4n) is 3.06. The number of nitrogens with zero attached hydrogens (tertiary/aromatic N) is 3. The van der Waals surface area contributed by atoms with Crippen molar-refractivity contribution in [2.75, 3.05) is 18.0 Å². The zero-order valence-corrected chi connectivity index (χ0v) is 15.4. The summed E-state index contributed by atoms with van der Waals surface area (Å²) in [4.78, 5) is 36.5. The molecule has 1 saturated heterocycles. The number of piperidine rings is 1. The molecule has 1 atom stereocenters. The van der Waals surface area contributed by atoms with E-state index in [0.717, 1.165) is 16.0 Å². The number of aromatic nitrogens is 2. The van der Waals surface area contributed by atoms with Gasteiger partial charge in [-0.05, 0) is 39.2 Å². The molecule has 1 fully saturated rings. The molecule has 2 aromatic rings. The van der Waals surface area contributed by atoms with E-state index in [-0.39, 0.29) is 11.9 Å². The third-order valence-electron chi connectivity index (χ3n) is 4.77. The molecular weight excluding hydrogens is 340 g/mol. The predicted octanol–water partition coefficient (Wildman–Crippen LogP) is 1.94. The highest BCUT2D eigenvalue weighted by molar-refractivity contribution is 7.18. The van der Waals surface area contributed by atoms with E-state index in [9.17, 15) is 9.59 Å². The summed E-state index contributed by atoms with van der Waals surface area (Å²) in [5.41, 5.74) is 6.36. The first kappa shape index (κ1) is 17.6. The molecule has 2 aromatic heterocycles. The first-order chi connectivity index (χ1) is 11.9. The van der Waals surface area contributed by atoms with Gasteiger partial charge in [-0.1, -0.05) is 0 Å². The lowest BCUT2D eigenvalue weighted by atomic mass is 9.96. The lowest BCUT2D eigenvalue weighted by Crippen LogP contribution is -2.39. The van der Waals surface area contributed by atoms with Gasteiger partial charge in [0, 0.05) is 18.0 Å². The van der Waals surface area contributed by atoms with Gasteiger partial charge in [-0.3, -0.25) is 9.59 Å². The highest BCUT2D eigenvalue weighted by Crippen LogP contribution is 2.35. The number of aryl methyl sites for hydroxylation is 2. The topological polar surface area (TPSA) is 98.4 Å². The van der Waals surface area contributed by atoms with Gasteiger partial charge in [0.1, 0.15) is 17.0 Å². The smallest absolute Gasteiger partial charge is 0.309 e. The number of amides is 1. The Hall–Kier alpha value is -2.22. The van der Waals surface area contributed by atoms with Crippen LogP contribution in [0.4, 0.5) is 5.82 Å². The van der Waals surface area contributed by atoms with E-state index in [0.29, 0.717) is 25.9 Å². The normalized spacial score (nSPS) is 16.8. The number of fused-ring (bicyclic) bond motifs is 1. The Balaban J connectivity index is 1.71. The van der Waals surface area contributed by atoms with E-state index in [1.165, 1.54) is 17.4 Å². The molecular formula is C17H22N4O3S. The van der Waals surface area contributed by atoms with Crippen LogP contribution in [0.2, 0.25) is 0 Å². The van der Waals surface area contributed by atoms with Gasteiger partial charge >= 0.3 is 5.97 Å². The van der Waals surface area contributed by atoms with E-state index in [1.807, 2.05) is 0 Å². The minimum Gasteiger partial charge on any atom is -0.452 e. The third kappa shape index (κ3) is 3.44. The molecule has 3 rings (SSSR count). The number of rotatable bonds is 4. The Morgan fingerprint density at radius 1 is 1.32 bits per heavy atom. The van der Waals surface area contributed by atoms with Crippen LogP contribution in [-0.2, 0) is 14.3 Å². The van der Waals surface area contributed by atoms with Crippen molar-refractivity contribution in [1.82, 2.24) is 9.97 Å². The van der Waals surface area contributed by atoms with E-state index < -0.39 is 12.0 Å². The molecule has 0 aliphatic carbocycles. The summed E-state index contributed by atoms with van der Waals surface area (Å²) in [6, 6.07) is 0. The number of esters is 1. The lowest BCUT2D eigenvalue weighted by molar-refractivity contribution is -0.158. The molecule has 25 heavy (non-hydrogen) atoms. The molecule has 1 aliphatic rings. The van der Waals surface area contributed by atoms with Crippen LogP contribution < -0.4 is 10.6 Å². The number of carbonyl (C=O) groups excluding carboxylic acids is 2. The number of ether oxygens (including phenoxy) is 1. The molecule has 1 amide bonds. The summed E-state index contributed by atoms with van der Waals surface area (Å²) in [6.07, 6.45) is 2.04. The van der Waals surface area contributed by atoms with Crippen molar-refractivity contribution in [3.8, 4) is 0 Å². The van der Waals surface area contributed by atoms with Gasteiger partial charge in [-0.2, -0.15) is 0 Å². The van der Waals surface area contributed by atoms with Crippen LogP contribution in [0.1, 0.15) is 30.2 Å². The fraction of sp³-hybridized carbons (Fsp3) is 0.529. The second-order valence-electron chi connectivity index (χ2n) is 6.40. The van der Waals surface area contributed by atoms with Crippen LogP contribution in [0.5, 0.6) is 0 Å². The number of carbonyl (C=O) groups is 2. The van der Waals surface area contributed by atoms with Gasteiger partial charge in [0.25, 0.3) is 5.91 Å². The standard InChI is InChI=1S/C17H22N4O3S/c1-9-11(3)25-16-13(9)15(19-8-20-16)21-6-4-12(5-7-21)17(23)24-10(2)14(18)22/h8,10,12H,4-7H2,1-3H3,(H2,18,22)/t10-/m0/s1. The summed E-state index contributed by atoms with van der Waals surface area (Å²) in [6.45, 7) is 7.11. The quantitative estimate of drug-likeness (QED) is 0.835. The Bertz CT molecular complexity index is 812. The minimum atomic E-state index is -0.886. The maximum Gasteiger partial charge on any atom is 0.309 e. The largest absolute Gasteiger partial charge is 0.452 e. The Kier molecular flexibility index (Phi) is 4.89. The van der Waals surface area contributed by atoms with E-state index in [2.05, 4.69) is 28.7 Å². The number of thiophene rings is 1. The Morgan fingerprint density at radius 2 is 2.00 bits per heavy atom. The van der Waals surface area contributed by atoms with Gasteiger partial charge in [-0.15, -0.1) is 11.3 Å². The molecule has 0 saturated carbocycles. The number of hydrogen-bond donors (Lipinski definition) is 1. The molecule has 0 unspecified atom stereocenters. The zero-order valence-electron chi connectivity index (χ0n) is 14.6. The molecule has 0 spiro atoms. The first-order valence-corrected chi connectivity index (χ1v) is 9.15. The molecule has 134 valence electrons. The summed E-state index contributed by atoms with van der Waals surface area (Å²) < 4.78 is 5.13. The average Bonchev–Trinajstić information content (AvgIpc) is 2.89. The first-order valence-electron chi connectivity index (χ1n) is 8.34. The van der Waals surface area contributed by atoms with E-state index in [1.54, 1.807) is 17.7 Å². The van der Waals surface area contributed by atoms with Gasteiger partial charge in [0.2, 0.25) is 0 Å². The van der Waals surface area contributed by atoms with Crippen molar-refractivity contribution in [3.05, 3.63) is 16.8 Å². The Morgan fingerprint density at radius 3 is 2.64 bits per heavy atom. The van der Waals surface area contributed by atoms with Crippen LogP contribution in [-0.4, -0.2) is 41.0 Å². The maximum absolute atomic E-state index is 12.2. The molecule has 0 aromatic carbocycles. The maximum atomic E-state index is 12.2. The summed E-state index contributed by atoms with van der Waals surface area (Å²) >= 11 is 1.68. The molecule has 2 N–H and O–H groups in total. The Labute approximate surface area is 150 Å². The van der Waals surface area contributed by atoms with Crippen molar-refractivity contribution in [1.29, 1.82) is 0 Å². The van der Waals surface area contributed by atoms with Crippen LogP contribution in [0.3, 0.4) is 0 Å². The summed E-state index contributed by atoms with van der Waals surface area (Å²) in [5.74, 6) is -0.247. The zero-order chi connectivity index (χ0) is 18.1. The molecule has 0 radical (unpaired) electrons. The highest BCUT2D eigenvalue weighted by atomic mass is 32.1. The minimum absolute atomic E-state index is 0.208.